The van der Waals surface area contributed by atoms with Crippen LogP contribution in [0.15, 0.2) is 60.7 Å². The van der Waals surface area contributed by atoms with E-state index < -0.39 is 15.9 Å². The van der Waals surface area contributed by atoms with Crippen molar-refractivity contribution in [1.29, 1.82) is 0 Å². The van der Waals surface area contributed by atoms with Gasteiger partial charge in [-0.1, -0.05) is 54.6 Å². The highest BCUT2D eigenvalue weighted by Crippen LogP contribution is 2.41. The standard InChI is InChI=1S/C25H31N3O3S.2ClH/c1-32(30,31)27-25(29)12-11-19-7-9-20(10-8-19)18-28-15-13-22(14-16-28)26-24-17-23(24)21-5-3-2-4-6-21;;/h2-12,22-24,26H,13-18H2,1H3,(H,27,29);2*1H. The molecule has 2 unspecified atom stereocenters. The first-order valence-electron chi connectivity index (χ1n) is 11.2. The minimum absolute atomic E-state index is 0. The Morgan fingerprint density at radius 1 is 1.03 bits per heavy atom. The number of halogens is 2. The first kappa shape index (κ1) is 28.3. The number of amides is 1. The lowest BCUT2D eigenvalue weighted by Gasteiger charge is -2.32. The van der Waals surface area contributed by atoms with E-state index >= 15 is 0 Å². The third-order valence-electron chi connectivity index (χ3n) is 6.15. The van der Waals surface area contributed by atoms with Crippen LogP contribution >= 0.6 is 24.8 Å². The molecule has 2 atom stereocenters. The summed E-state index contributed by atoms with van der Waals surface area (Å²) in [7, 11) is -3.53. The molecular formula is C25H33Cl2N3O3S. The van der Waals surface area contributed by atoms with Crippen molar-refractivity contribution in [1.82, 2.24) is 14.9 Å². The number of likely N-dealkylation sites (tertiary alicyclic amines) is 1. The average Bonchev–Trinajstić information content (AvgIpc) is 3.53. The molecule has 0 radical (unpaired) electrons. The van der Waals surface area contributed by atoms with Crippen LogP contribution in [0.25, 0.3) is 6.08 Å². The zero-order valence-corrected chi connectivity index (χ0v) is 21.7. The third-order valence-corrected chi connectivity index (χ3v) is 6.73. The summed E-state index contributed by atoms with van der Waals surface area (Å²) in [5.41, 5.74) is 3.55. The van der Waals surface area contributed by atoms with Crippen LogP contribution in [0.3, 0.4) is 0 Å². The second-order valence-corrected chi connectivity index (χ2v) is 10.6. The maximum absolute atomic E-state index is 11.6. The van der Waals surface area contributed by atoms with Crippen LogP contribution in [-0.4, -0.2) is 50.7 Å². The lowest BCUT2D eigenvalue weighted by Crippen LogP contribution is -2.43. The number of hydrogen-bond donors (Lipinski definition) is 2. The van der Waals surface area contributed by atoms with E-state index in [0.717, 1.165) is 31.5 Å². The summed E-state index contributed by atoms with van der Waals surface area (Å²) in [5.74, 6) is 0.0357. The molecule has 1 heterocycles. The summed E-state index contributed by atoms with van der Waals surface area (Å²) in [6.07, 6.45) is 7.40. The van der Waals surface area contributed by atoms with Gasteiger partial charge in [0.1, 0.15) is 0 Å². The molecule has 0 spiro atoms. The van der Waals surface area contributed by atoms with Crippen molar-refractivity contribution in [3.8, 4) is 0 Å². The maximum atomic E-state index is 11.6. The van der Waals surface area contributed by atoms with E-state index in [0.29, 0.717) is 18.0 Å². The van der Waals surface area contributed by atoms with Crippen molar-refractivity contribution in [2.75, 3.05) is 19.3 Å². The summed E-state index contributed by atoms with van der Waals surface area (Å²) in [6.45, 7) is 3.10. The van der Waals surface area contributed by atoms with Gasteiger partial charge in [-0.25, -0.2) is 13.1 Å². The van der Waals surface area contributed by atoms with Crippen molar-refractivity contribution in [2.45, 2.75) is 43.8 Å². The Balaban J connectivity index is 0.00000204. The van der Waals surface area contributed by atoms with Gasteiger partial charge in [0.2, 0.25) is 10.0 Å². The summed E-state index contributed by atoms with van der Waals surface area (Å²) < 4.78 is 24.0. The predicted molar refractivity (Wildman–Crippen MR) is 142 cm³/mol. The van der Waals surface area contributed by atoms with Crippen molar-refractivity contribution >= 4 is 46.8 Å². The first-order chi connectivity index (χ1) is 15.4. The van der Waals surface area contributed by atoms with Crippen molar-refractivity contribution < 1.29 is 13.2 Å². The number of nitrogens with zero attached hydrogens (tertiary/aromatic N) is 1. The highest BCUT2D eigenvalue weighted by atomic mass is 35.5. The number of rotatable bonds is 8. The maximum Gasteiger partial charge on any atom is 0.257 e. The number of sulfonamides is 1. The van der Waals surface area contributed by atoms with Crippen LogP contribution in [0, 0.1) is 0 Å². The van der Waals surface area contributed by atoms with Gasteiger partial charge in [-0.3, -0.25) is 9.69 Å². The van der Waals surface area contributed by atoms with Crippen molar-refractivity contribution in [3.63, 3.8) is 0 Å². The summed E-state index contributed by atoms with van der Waals surface area (Å²) in [6, 6.07) is 20.1. The molecule has 2 aromatic rings. The Morgan fingerprint density at radius 3 is 2.29 bits per heavy atom. The van der Waals surface area contributed by atoms with E-state index in [2.05, 4.69) is 52.7 Å². The third kappa shape index (κ3) is 8.71. The van der Waals surface area contributed by atoms with Gasteiger partial charge in [0.25, 0.3) is 5.91 Å². The SMILES string of the molecule is CS(=O)(=O)NC(=O)C=Cc1ccc(CN2CCC(NC3CC3c3ccccc3)CC2)cc1.Cl.Cl. The minimum atomic E-state index is -3.53. The Labute approximate surface area is 215 Å². The Hall–Kier alpha value is -1.90. The smallest absolute Gasteiger partial charge is 0.257 e. The van der Waals surface area contributed by atoms with Crippen molar-refractivity contribution in [2.24, 2.45) is 0 Å². The second kappa shape index (κ2) is 12.7. The van der Waals surface area contributed by atoms with E-state index in [1.54, 1.807) is 6.08 Å². The molecule has 0 bridgehead atoms. The molecule has 9 heteroatoms. The number of benzene rings is 2. The molecule has 6 nitrogen and oxygen atoms in total. The Kier molecular flexibility index (Phi) is 10.6. The van der Waals surface area contributed by atoms with E-state index in [1.165, 1.54) is 36.5 Å². The van der Waals surface area contributed by atoms with E-state index in [9.17, 15) is 13.2 Å². The lowest BCUT2D eigenvalue weighted by atomic mass is 10.0. The molecule has 1 aliphatic heterocycles. The fourth-order valence-corrected chi connectivity index (χ4v) is 4.82. The van der Waals surface area contributed by atoms with Gasteiger partial charge in [0, 0.05) is 30.6 Å². The minimum Gasteiger partial charge on any atom is -0.311 e. The molecule has 1 saturated heterocycles. The normalized spacial score (nSPS) is 20.9. The lowest BCUT2D eigenvalue weighted by molar-refractivity contribution is -0.114. The zero-order chi connectivity index (χ0) is 22.6. The molecule has 4 rings (SSSR count). The molecule has 1 aliphatic carbocycles. The van der Waals surface area contributed by atoms with E-state index in [-0.39, 0.29) is 24.8 Å². The van der Waals surface area contributed by atoms with Crippen molar-refractivity contribution in [3.05, 3.63) is 77.4 Å². The molecule has 2 N–H and O–H groups in total. The molecule has 2 aliphatic rings. The molecule has 0 aromatic heterocycles. The molecule has 186 valence electrons. The molecule has 1 saturated carbocycles. The van der Waals surface area contributed by atoms with Gasteiger partial charge in [0.05, 0.1) is 6.26 Å². The number of carbonyl (C=O) groups is 1. The van der Waals surface area contributed by atoms with Crippen LogP contribution in [0.5, 0.6) is 0 Å². The number of nitrogens with one attached hydrogen (secondary N) is 2. The molecule has 2 fully saturated rings. The molecule has 34 heavy (non-hydrogen) atoms. The van der Waals surface area contributed by atoms with Gasteiger partial charge < -0.3 is 5.32 Å². The first-order valence-corrected chi connectivity index (χ1v) is 13.1. The highest BCUT2D eigenvalue weighted by Gasteiger charge is 2.39. The fourth-order valence-electron chi connectivity index (χ4n) is 4.39. The number of piperidine rings is 1. The number of carbonyl (C=O) groups excluding carboxylic acids is 1. The quantitative estimate of drug-likeness (QED) is 0.513. The van der Waals surface area contributed by atoms with Gasteiger partial charge in [-0.2, -0.15) is 0 Å². The fraction of sp³-hybridized carbons (Fsp3) is 0.400. The van der Waals surface area contributed by atoms with E-state index in [1.807, 2.05) is 16.9 Å². The van der Waals surface area contributed by atoms with Crippen LogP contribution in [0.2, 0.25) is 0 Å². The highest BCUT2D eigenvalue weighted by molar-refractivity contribution is 7.89. The van der Waals surface area contributed by atoms with Gasteiger partial charge >= 0.3 is 0 Å². The topological polar surface area (TPSA) is 78.5 Å². The molecule has 1 amide bonds. The summed E-state index contributed by atoms with van der Waals surface area (Å²) in [5, 5.41) is 3.87. The van der Waals surface area contributed by atoms with Crippen LogP contribution in [0.4, 0.5) is 0 Å². The van der Waals surface area contributed by atoms with Crippen LogP contribution < -0.4 is 10.0 Å². The van der Waals surface area contributed by atoms with Gasteiger partial charge in [-0.15, -0.1) is 24.8 Å². The molecule has 2 aromatic carbocycles. The zero-order valence-electron chi connectivity index (χ0n) is 19.2. The second-order valence-electron chi connectivity index (χ2n) is 8.89. The average molecular weight is 527 g/mol. The predicted octanol–water partition coefficient (Wildman–Crippen LogP) is 3.73. The monoisotopic (exact) mass is 525 g/mol. The Bertz CT molecular complexity index is 1050. The van der Waals surface area contributed by atoms with E-state index in [4.69, 9.17) is 0 Å². The summed E-state index contributed by atoms with van der Waals surface area (Å²) >= 11 is 0. The van der Waals surface area contributed by atoms with Crippen LogP contribution in [-0.2, 0) is 21.4 Å². The largest absolute Gasteiger partial charge is 0.311 e. The number of hydrogen-bond acceptors (Lipinski definition) is 5. The van der Waals surface area contributed by atoms with Gasteiger partial charge in [0.15, 0.2) is 0 Å². The van der Waals surface area contributed by atoms with Gasteiger partial charge in [-0.05, 0) is 55.1 Å². The molecular weight excluding hydrogens is 493 g/mol. The Morgan fingerprint density at radius 2 is 1.68 bits per heavy atom. The summed E-state index contributed by atoms with van der Waals surface area (Å²) in [4.78, 5) is 14.1. The van der Waals surface area contributed by atoms with Crippen LogP contribution in [0.1, 0.15) is 41.9 Å².